The molecule has 21 heavy (non-hydrogen) atoms. The molecule has 0 aromatic carbocycles. The molecular formula is C15H20N4OS. The molecule has 1 aliphatic carbocycles. The second-order valence-corrected chi connectivity index (χ2v) is 6.76. The first-order valence-electron chi connectivity index (χ1n) is 7.71. The zero-order valence-corrected chi connectivity index (χ0v) is 12.8. The van der Waals surface area contributed by atoms with E-state index < -0.39 is 0 Å². The number of hydrogen-bond acceptors (Lipinski definition) is 6. The first kappa shape index (κ1) is 13.4. The van der Waals surface area contributed by atoms with Gasteiger partial charge in [-0.3, -0.25) is 4.90 Å². The minimum atomic E-state index is 0.633. The third-order valence-electron chi connectivity index (χ3n) is 4.26. The topological polar surface area (TPSA) is 54.2 Å². The number of rotatable bonds is 6. The molecule has 0 spiro atoms. The summed E-state index contributed by atoms with van der Waals surface area (Å²) in [6, 6.07) is 3.37. The van der Waals surface area contributed by atoms with Crippen LogP contribution in [0.5, 0.6) is 0 Å². The van der Waals surface area contributed by atoms with E-state index in [1.165, 1.54) is 25.7 Å². The minimum absolute atomic E-state index is 0.633. The summed E-state index contributed by atoms with van der Waals surface area (Å²) in [5.74, 6) is 1.45. The molecule has 2 fully saturated rings. The number of nitrogens with one attached hydrogen (secondary N) is 1. The van der Waals surface area contributed by atoms with E-state index in [4.69, 9.17) is 4.52 Å². The van der Waals surface area contributed by atoms with Crippen LogP contribution in [-0.4, -0.2) is 40.2 Å². The van der Waals surface area contributed by atoms with Gasteiger partial charge in [0.1, 0.15) is 0 Å². The van der Waals surface area contributed by atoms with Gasteiger partial charge in [0.2, 0.25) is 0 Å². The van der Waals surface area contributed by atoms with Gasteiger partial charge in [0.05, 0.1) is 12.1 Å². The van der Waals surface area contributed by atoms with Crippen molar-refractivity contribution in [3.8, 4) is 11.5 Å². The predicted octanol–water partition coefficient (Wildman–Crippen LogP) is 2.51. The maximum atomic E-state index is 5.38. The Bertz CT molecular complexity index is 572. The maximum absolute atomic E-state index is 5.38. The van der Waals surface area contributed by atoms with Crippen LogP contribution in [0.3, 0.4) is 0 Å². The largest absolute Gasteiger partial charge is 0.334 e. The van der Waals surface area contributed by atoms with Gasteiger partial charge < -0.3 is 9.84 Å². The van der Waals surface area contributed by atoms with Crippen molar-refractivity contribution in [2.75, 3.05) is 13.1 Å². The Morgan fingerprint density at radius 3 is 3.05 bits per heavy atom. The third kappa shape index (κ3) is 3.17. The maximum Gasteiger partial charge on any atom is 0.258 e. The fourth-order valence-corrected chi connectivity index (χ4v) is 3.61. The average molecular weight is 304 g/mol. The van der Waals surface area contributed by atoms with E-state index in [0.29, 0.717) is 11.9 Å². The number of aromatic nitrogens is 2. The van der Waals surface area contributed by atoms with Gasteiger partial charge in [-0.1, -0.05) is 5.16 Å². The summed E-state index contributed by atoms with van der Waals surface area (Å²) in [6.07, 6.45) is 5.20. The second kappa shape index (κ2) is 5.87. The summed E-state index contributed by atoms with van der Waals surface area (Å²) < 4.78 is 5.38. The van der Waals surface area contributed by atoms with Crippen molar-refractivity contribution in [1.29, 1.82) is 0 Å². The summed E-state index contributed by atoms with van der Waals surface area (Å²) >= 11 is 1.65. The van der Waals surface area contributed by atoms with Crippen molar-refractivity contribution in [2.45, 2.75) is 44.3 Å². The second-order valence-electron chi connectivity index (χ2n) is 5.98. The molecule has 0 radical (unpaired) electrons. The van der Waals surface area contributed by atoms with E-state index in [-0.39, 0.29) is 0 Å². The highest BCUT2D eigenvalue weighted by Crippen LogP contribution is 2.29. The quantitative estimate of drug-likeness (QED) is 0.888. The summed E-state index contributed by atoms with van der Waals surface area (Å²) in [4.78, 5) is 7.06. The molecule has 0 bridgehead atoms. The van der Waals surface area contributed by atoms with Gasteiger partial charge >= 0.3 is 0 Å². The normalized spacial score (nSPS) is 22.2. The highest BCUT2D eigenvalue weighted by atomic mass is 32.1. The lowest BCUT2D eigenvalue weighted by molar-refractivity contribution is 0.222. The monoisotopic (exact) mass is 304 g/mol. The molecule has 6 heteroatoms. The number of nitrogens with zero attached hydrogens (tertiary/aromatic N) is 3. The SMILES string of the molecule is c1cc(-c2nc(CN(CC3CCCN3)C3CC3)no2)cs1. The van der Waals surface area contributed by atoms with E-state index >= 15 is 0 Å². The molecular weight excluding hydrogens is 284 g/mol. The molecule has 4 rings (SSSR count). The fourth-order valence-electron chi connectivity index (χ4n) is 2.98. The molecule has 0 amide bonds. The van der Waals surface area contributed by atoms with Gasteiger partial charge in [-0.05, 0) is 43.7 Å². The Hall–Kier alpha value is -1.24. The average Bonchev–Trinajstić information content (AvgIpc) is 2.93. The fraction of sp³-hybridized carbons (Fsp3) is 0.600. The van der Waals surface area contributed by atoms with Gasteiger partial charge in [-0.2, -0.15) is 16.3 Å². The molecule has 1 atom stereocenters. The molecule has 5 nitrogen and oxygen atoms in total. The Labute approximate surface area is 128 Å². The smallest absolute Gasteiger partial charge is 0.258 e. The highest BCUT2D eigenvalue weighted by molar-refractivity contribution is 7.08. The van der Waals surface area contributed by atoms with Gasteiger partial charge in [-0.25, -0.2) is 0 Å². The highest BCUT2D eigenvalue weighted by Gasteiger charge is 2.32. The van der Waals surface area contributed by atoms with E-state index in [0.717, 1.165) is 37.1 Å². The molecule has 2 aliphatic rings. The number of thiophene rings is 1. The molecule has 1 aliphatic heterocycles. The summed E-state index contributed by atoms with van der Waals surface area (Å²) in [5.41, 5.74) is 1.02. The predicted molar refractivity (Wildman–Crippen MR) is 82.1 cm³/mol. The first-order chi connectivity index (χ1) is 10.4. The van der Waals surface area contributed by atoms with E-state index in [1.54, 1.807) is 11.3 Å². The molecule has 1 saturated heterocycles. The molecule has 1 N–H and O–H groups in total. The molecule has 1 saturated carbocycles. The van der Waals surface area contributed by atoms with Gasteiger partial charge in [0.25, 0.3) is 5.89 Å². The van der Waals surface area contributed by atoms with Gasteiger partial charge in [0.15, 0.2) is 5.82 Å². The first-order valence-corrected chi connectivity index (χ1v) is 8.65. The van der Waals surface area contributed by atoms with Crippen molar-refractivity contribution >= 4 is 11.3 Å². The van der Waals surface area contributed by atoms with Crippen LogP contribution in [0.2, 0.25) is 0 Å². The van der Waals surface area contributed by atoms with Crippen LogP contribution in [0.1, 0.15) is 31.5 Å². The Morgan fingerprint density at radius 2 is 2.33 bits per heavy atom. The van der Waals surface area contributed by atoms with E-state index in [2.05, 4.69) is 20.4 Å². The number of hydrogen-bond donors (Lipinski definition) is 1. The van der Waals surface area contributed by atoms with E-state index in [9.17, 15) is 0 Å². The Morgan fingerprint density at radius 1 is 1.38 bits per heavy atom. The van der Waals surface area contributed by atoms with Crippen molar-refractivity contribution in [1.82, 2.24) is 20.4 Å². The standard InChI is InChI=1S/C15H20N4OS/c1-2-12(16-6-1)8-19(13-3-4-13)9-14-17-15(20-18-14)11-5-7-21-10-11/h5,7,10,12-13,16H,1-4,6,8-9H2. The van der Waals surface area contributed by atoms with Crippen LogP contribution in [0.25, 0.3) is 11.5 Å². The van der Waals surface area contributed by atoms with Gasteiger partial charge in [-0.15, -0.1) is 0 Å². The van der Waals surface area contributed by atoms with Crippen LogP contribution in [0.15, 0.2) is 21.3 Å². The molecule has 2 aromatic rings. The summed E-state index contributed by atoms with van der Waals surface area (Å²) in [6.45, 7) is 3.07. The van der Waals surface area contributed by atoms with E-state index in [1.807, 2.05) is 16.8 Å². The van der Waals surface area contributed by atoms with Crippen LogP contribution < -0.4 is 5.32 Å². The Balaban J connectivity index is 1.43. The van der Waals surface area contributed by atoms with Crippen molar-refractivity contribution in [3.63, 3.8) is 0 Å². The van der Waals surface area contributed by atoms with Crippen LogP contribution in [0.4, 0.5) is 0 Å². The molecule has 1 unspecified atom stereocenters. The van der Waals surface area contributed by atoms with Crippen LogP contribution in [0, 0.1) is 0 Å². The summed E-state index contributed by atoms with van der Waals surface area (Å²) in [7, 11) is 0. The minimum Gasteiger partial charge on any atom is -0.334 e. The van der Waals surface area contributed by atoms with Crippen LogP contribution >= 0.6 is 11.3 Å². The lowest BCUT2D eigenvalue weighted by Gasteiger charge is -2.23. The van der Waals surface area contributed by atoms with Crippen molar-refractivity contribution < 1.29 is 4.52 Å². The molecule has 3 heterocycles. The lowest BCUT2D eigenvalue weighted by Crippen LogP contribution is -2.38. The zero-order valence-electron chi connectivity index (χ0n) is 12.0. The van der Waals surface area contributed by atoms with Crippen molar-refractivity contribution in [2.24, 2.45) is 0 Å². The van der Waals surface area contributed by atoms with Crippen LogP contribution in [-0.2, 0) is 6.54 Å². The lowest BCUT2D eigenvalue weighted by atomic mass is 10.2. The Kier molecular flexibility index (Phi) is 3.75. The summed E-state index contributed by atoms with van der Waals surface area (Å²) in [5, 5.41) is 11.8. The molecule has 112 valence electrons. The zero-order chi connectivity index (χ0) is 14.1. The molecule has 2 aromatic heterocycles. The third-order valence-corrected chi connectivity index (χ3v) is 4.94. The van der Waals surface area contributed by atoms with Gasteiger partial charge in [0, 0.05) is 24.0 Å². The van der Waals surface area contributed by atoms with Crippen molar-refractivity contribution in [3.05, 3.63) is 22.7 Å².